The van der Waals surface area contributed by atoms with Crippen molar-refractivity contribution in [2.75, 3.05) is 6.61 Å². The average Bonchev–Trinajstić information content (AvgIpc) is 2.62. The second-order valence-corrected chi connectivity index (χ2v) is 3.95. The monoisotopic (exact) mass is 210 g/mol. The number of carbonyl (C=O) groups is 1. The van der Waals surface area contributed by atoms with Crippen molar-refractivity contribution in [2.45, 2.75) is 32.6 Å². The SMILES string of the molecule is CCOC(=O)c1noc(C2CC(C)C2)n1. The van der Waals surface area contributed by atoms with Gasteiger partial charge in [-0.2, -0.15) is 4.98 Å². The van der Waals surface area contributed by atoms with Gasteiger partial charge in [0, 0.05) is 5.92 Å². The normalized spacial score (nSPS) is 24.7. The fraction of sp³-hybridized carbons (Fsp3) is 0.700. The summed E-state index contributed by atoms with van der Waals surface area (Å²) >= 11 is 0. The number of hydrogen-bond donors (Lipinski definition) is 0. The molecule has 1 heterocycles. The largest absolute Gasteiger partial charge is 0.460 e. The molecule has 0 atom stereocenters. The number of carbonyl (C=O) groups excluding carboxylic acids is 1. The zero-order valence-corrected chi connectivity index (χ0v) is 8.90. The van der Waals surface area contributed by atoms with Gasteiger partial charge >= 0.3 is 5.97 Å². The summed E-state index contributed by atoms with van der Waals surface area (Å²) in [6.07, 6.45) is 2.12. The Labute approximate surface area is 87.8 Å². The van der Waals surface area contributed by atoms with Crippen molar-refractivity contribution in [1.82, 2.24) is 10.1 Å². The van der Waals surface area contributed by atoms with Crippen LogP contribution in [0.5, 0.6) is 0 Å². The van der Waals surface area contributed by atoms with E-state index in [0.29, 0.717) is 24.3 Å². The summed E-state index contributed by atoms with van der Waals surface area (Å²) in [6.45, 7) is 4.24. The van der Waals surface area contributed by atoms with E-state index in [0.717, 1.165) is 12.8 Å². The van der Waals surface area contributed by atoms with Crippen LogP contribution in [-0.2, 0) is 4.74 Å². The summed E-state index contributed by atoms with van der Waals surface area (Å²) in [4.78, 5) is 15.3. The van der Waals surface area contributed by atoms with Crippen LogP contribution in [0.3, 0.4) is 0 Å². The molecule has 0 aliphatic heterocycles. The first-order valence-corrected chi connectivity index (χ1v) is 5.21. The Morgan fingerprint density at radius 3 is 2.93 bits per heavy atom. The molecule has 0 amide bonds. The van der Waals surface area contributed by atoms with E-state index in [-0.39, 0.29) is 5.82 Å². The Morgan fingerprint density at radius 1 is 1.60 bits per heavy atom. The quantitative estimate of drug-likeness (QED) is 0.711. The first-order chi connectivity index (χ1) is 7.20. The highest BCUT2D eigenvalue weighted by atomic mass is 16.5. The molecule has 0 spiro atoms. The summed E-state index contributed by atoms with van der Waals surface area (Å²) in [7, 11) is 0. The van der Waals surface area contributed by atoms with Crippen molar-refractivity contribution in [2.24, 2.45) is 5.92 Å². The Morgan fingerprint density at radius 2 is 2.33 bits per heavy atom. The average molecular weight is 210 g/mol. The topological polar surface area (TPSA) is 65.2 Å². The van der Waals surface area contributed by atoms with Crippen LogP contribution in [0.15, 0.2) is 4.52 Å². The van der Waals surface area contributed by atoms with Gasteiger partial charge in [0.15, 0.2) is 0 Å². The Bertz CT molecular complexity index is 355. The molecule has 5 heteroatoms. The van der Waals surface area contributed by atoms with Gasteiger partial charge in [-0.25, -0.2) is 4.79 Å². The Kier molecular flexibility index (Phi) is 2.70. The molecule has 1 aromatic rings. The van der Waals surface area contributed by atoms with E-state index < -0.39 is 5.97 Å². The van der Waals surface area contributed by atoms with Crippen molar-refractivity contribution < 1.29 is 14.1 Å². The van der Waals surface area contributed by atoms with E-state index in [4.69, 9.17) is 9.26 Å². The van der Waals surface area contributed by atoms with Gasteiger partial charge in [0.2, 0.25) is 5.89 Å². The fourth-order valence-electron chi connectivity index (χ4n) is 1.78. The van der Waals surface area contributed by atoms with Crippen LogP contribution in [0.1, 0.15) is 49.1 Å². The molecule has 0 unspecified atom stereocenters. The van der Waals surface area contributed by atoms with E-state index in [9.17, 15) is 4.79 Å². The molecule has 0 radical (unpaired) electrons. The van der Waals surface area contributed by atoms with Crippen LogP contribution >= 0.6 is 0 Å². The zero-order valence-electron chi connectivity index (χ0n) is 8.90. The van der Waals surface area contributed by atoms with Crippen LogP contribution in [0.25, 0.3) is 0 Å². The van der Waals surface area contributed by atoms with Crippen molar-refractivity contribution in [3.8, 4) is 0 Å². The molecule has 2 rings (SSSR count). The molecular formula is C10H14N2O3. The number of nitrogens with zero attached hydrogens (tertiary/aromatic N) is 2. The number of rotatable bonds is 3. The van der Waals surface area contributed by atoms with Crippen LogP contribution in [-0.4, -0.2) is 22.7 Å². The smallest absolute Gasteiger partial charge is 0.379 e. The van der Waals surface area contributed by atoms with Gasteiger partial charge in [0.1, 0.15) is 0 Å². The molecule has 15 heavy (non-hydrogen) atoms. The predicted molar refractivity (Wildman–Crippen MR) is 51.4 cm³/mol. The molecular weight excluding hydrogens is 196 g/mol. The second-order valence-electron chi connectivity index (χ2n) is 3.95. The maximum absolute atomic E-state index is 11.2. The number of esters is 1. The molecule has 0 bridgehead atoms. The van der Waals surface area contributed by atoms with Gasteiger partial charge in [0.25, 0.3) is 5.82 Å². The highest BCUT2D eigenvalue weighted by Gasteiger charge is 2.32. The van der Waals surface area contributed by atoms with Crippen molar-refractivity contribution in [3.05, 3.63) is 11.7 Å². The maximum atomic E-state index is 11.2. The predicted octanol–water partition coefficient (Wildman–Crippen LogP) is 1.76. The third-order valence-corrected chi connectivity index (χ3v) is 2.62. The third kappa shape index (κ3) is 2.00. The van der Waals surface area contributed by atoms with Crippen molar-refractivity contribution in [3.63, 3.8) is 0 Å². The van der Waals surface area contributed by atoms with Crippen LogP contribution < -0.4 is 0 Å². The molecule has 1 saturated carbocycles. The van der Waals surface area contributed by atoms with E-state index in [1.807, 2.05) is 0 Å². The molecule has 1 aromatic heterocycles. The first kappa shape index (κ1) is 10.1. The number of aromatic nitrogens is 2. The molecule has 0 aromatic carbocycles. The highest BCUT2D eigenvalue weighted by Crippen LogP contribution is 2.40. The van der Waals surface area contributed by atoms with Gasteiger partial charge in [-0.1, -0.05) is 6.92 Å². The molecule has 0 N–H and O–H groups in total. The molecule has 1 aliphatic carbocycles. The van der Waals surface area contributed by atoms with Crippen LogP contribution in [0.4, 0.5) is 0 Å². The summed E-state index contributed by atoms with van der Waals surface area (Å²) in [6, 6.07) is 0. The minimum Gasteiger partial charge on any atom is -0.460 e. The summed E-state index contributed by atoms with van der Waals surface area (Å²) < 4.78 is 9.79. The van der Waals surface area contributed by atoms with Gasteiger partial charge in [-0.05, 0) is 30.8 Å². The lowest BCUT2D eigenvalue weighted by Gasteiger charge is -2.29. The minimum absolute atomic E-state index is 0.0337. The lowest BCUT2D eigenvalue weighted by Crippen LogP contribution is -2.19. The van der Waals surface area contributed by atoms with Crippen LogP contribution in [0, 0.1) is 5.92 Å². The standard InChI is InChI=1S/C10H14N2O3/c1-3-14-10(13)8-11-9(15-12-8)7-4-6(2)5-7/h6-7H,3-5H2,1-2H3. The molecule has 5 nitrogen and oxygen atoms in total. The van der Waals surface area contributed by atoms with Crippen LogP contribution in [0.2, 0.25) is 0 Å². The van der Waals surface area contributed by atoms with E-state index in [1.54, 1.807) is 6.92 Å². The van der Waals surface area contributed by atoms with Gasteiger partial charge in [-0.3, -0.25) is 0 Å². The van der Waals surface area contributed by atoms with Gasteiger partial charge in [-0.15, -0.1) is 0 Å². The molecule has 82 valence electrons. The number of ether oxygens (including phenoxy) is 1. The molecule has 0 saturated heterocycles. The summed E-state index contributed by atoms with van der Waals surface area (Å²) in [5.74, 6) is 1.13. The second kappa shape index (κ2) is 4.00. The summed E-state index contributed by atoms with van der Waals surface area (Å²) in [5, 5.41) is 3.60. The minimum atomic E-state index is -0.514. The van der Waals surface area contributed by atoms with Gasteiger partial charge < -0.3 is 9.26 Å². The van der Waals surface area contributed by atoms with E-state index >= 15 is 0 Å². The first-order valence-electron chi connectivity index (χ1n) is 5.21. The molecule has 1 fully saturated rings. The Balaban J connectivity index is 2.01. The lowest BCUT2D eigenvalue weighted by atomic mass is 9.76. The maximum Gasteiger partial charge on any atom is 0.379 e. The fourth-order valence-corrected chi connectivity index (χ4v) is 1.78. The van der Waals surface area contributed by atoms with E-state index in [1.165, 1.54) is 0 Å². The van der Waals surface area contributed by atoms with Crippen molar-refractivity contribution in [1.29, 1.82) is 0 Å². The number of hydrogen-bond acceptors (Lipinski definition) is 5. The lowest BCUT2D eigenvalue weighted by molar-refractivity contribution is 0.0508. The molecule has 1 aliphatic rings. The summed E-state index contributed by atoms with van der Waals surface area (Å²) in [5.41, 5.74) is 0. The van der Waals surface area contributed by atoms with E-state index in [2.05, 4.69) is 17.1 Å². The van der Waals surface area contributed by atoms with Gasteiger partial charge in [0.05, 0.1) is 6.61 Å². The van der Waals surface area contributed by atoms with Crippen molar-refractivity contribution >= 4 is 5.97 Å². The Hall–Kier alpha value is -1.39. The zero-order chi connectivity index (χ0) is 10.8. The third-order valence-electron chi connectivity index (χ3n) is 2.62. The highest BCUT2D eigenvalue weighted by molar-refractivity contribution is 5.84.